The molecule has 0 aromatic carbocycles. The van der Waals surface area contributed by atoms with Crippen LogP contribution < -0.4 is 0 Å². The molecule has 1 N–H and O–H groups in total. The molecule has 3 unspecified atom stereocenters. The molecule has 4 rings (SSSR count). The lowest BCUT2D eigenvalue weighted by Crippen LogP contribution is -2.19. The van der Waals surface area contributed by atoms with E-state index in [-0.39, 0.29) is 29.5 Å². The molecule has 4 fully saturated rings. The molecular formula is C8H8O3. The zero-order valence-corrected chi connectivity index (χ0v) is 5.86. The number of carboxylic acid groups (broad SMARTS) is 1. The Morgan fingerprint density at radius 3 is 2.45 bits per heavy atom. The van der Waals surface area contributed by atoms with Gasteiger partial charge in [-0.25, -0.2) is 0 Å². The first kappa shape index (κ1) is 5.75. The number of ketones is 1. The summed E-state index contributed by atoms with van der Waals surface area (Å²) < 4.78 is 0. The van der Waals surface area contributed by atoms with E-state index in [9.17, 15) is 9.59 Å². The van der Waals surface area contributed by atoms with Crippen molar-refractivity contribution in [3.63, 3.8) is 0 Å². The van der Waals surface area contributed by atoms with E-state index in [0.29, 0.717) is 5.92 Å². The molecule has 0 aromatic rings. The molecule has 3 heteroatoms. The molecule has 3 nitrogen and oxygen atoms in total. The maximum absolute atomic E-state index is 11.2. The van der Waals surface area contributed by atoms with Gasteiger partial charge >= 0.3 is 5.97 Å². The van der Waals surface area contributed by atoms with Crippen LogP contribution in [0.15, 0.2) is 0 Å². The van der Waals surface area contributed by atoms with E-state index in [1.54, 1.807) is 0 Å². The third-order valence-corrected chi connectivity index (χ3v) is 3.58. The number of hydrogen-bond acceptors (Lipinski definition) is 2. The Bertz CT molecular complexity index is 271. The molecule has 0 spiro atoms. The average Bonchev–Trinajstić information content (AvgIpc) is 2.33. The fraction of sp³-hybridized carbons (Fsp3) is 0.750. The van der Waals surface area contributed by atoms with Gasteiger partial charge in [0.1, 0.15) is 5.78 Å². The zero-order valence-electron chi connectivity index (χ0n) is 5.86. The van der Waals surface area contributed by atoms with Gasteiger partial charge in [-0.1, -0.05) is 0 Å². The molecule has 4 bridgehead atoms. The molecular weight excluding hydrogens is 144 g/mol. The smallest absolute Gasteiger partial charge is 0.307 e. The Hall–Kier alpha value is -0.860. The molecule has 0 aliphatic heterocycles. The minimum atomic E-state index is -0.754. The normalized spacial score (nSPS) is 56.7. The third kappa shape index (κ3) is 0.424. The Morgan fingerprint density at radius 2 is 2.27 bits per heavy atom. The fourth-order valence-corrected chi connectivity index (χ4v) is 3.18. The van der Waals surface area contributed by atoms with Gasteiger partial charge in [-0.2, -0.15) is 0 Å². The van der Waals surface area contributed by atoms with Gasteiger partial charge in [0.25, 0.3) is 0 Å². The van der Waals surface area contributed by atoms with Crippen molar-refractivity contribution in [3.05, 3.63) is 0 Å². The summed E-state index contributed by atoms with van der Waals surface area (Å²) in [6.45, 7) is 0. The van der Waals surface area contributed by atoms with Crippen molar-refractivity contribution in [1.29, 1.82) is 0 Å². The van der Waals surface area contributed by atoms with Gasteiger partial charge in [0.15, 0.2) is 0 Å². The molecule has 0 amide bonds. The maximum Gasteiger partial charge on any atom is 0.307 e. The molecule has 11 heavy (non-hydrogen) atoms. The van der Waals surface area contributed by atoms with Gasteiger partial charge in [-0.05, 0) is 18.3 Å². The summed E-state index contributed by atoms with van der Waals surface area (Å²) in [5.41, 5.74) is 0. The highest BCUT2D eigenvalue weighted by Crippen LogP contribution is 2.71. The van der Waals surface area contributed by atoms with Crippen molar-refractivity contribution in [1.82, 2.24) is 0 Å². The first-order valence-corrected chi connectivity index (χ1v) is 3.98. The van der Waals surface area contributed by atoms with Gasteiger partial charge in [0.05, 0.1) is 5.92 Å². The minimum absolute atomic E-state index is 0.104. The number of rotatable bonds is 1. The van der Waals surface area contributed by atoms with Crippen LogP contribution in [0.4, 0.5) is 0 Å². The largest absolute Gasteiger partial charge is 0.481 e. The van der Waals surface area contributed by atoms with Gasteiger partial charge in [-0.15, -0.1) is 0 Å². The molecule has 5 atom stereocenters. The molecule has 0 radical (unpaired) electrons. The van der Waals surface area contributed by atoms with Gasteiger partial charge in [0, 0.05) is 11.8 Å². The molecule has 0 aromatic heterocycles. The van der Waals surface area contributed by atoms with Crippen molar-refractivity contribution < 1.29 is 14.7 Å². The fourth-order valence-electron chi connectivity index (χ4n) is 3.18. The van der Waals surface area contributed by atoms with Crippen LogP contribution in [0, 0.1) is 29.6 Å². The first-order valence-electron chi connectivity index (χ1n) is 3.98. The summed E-state index contributed by atoms with van der Waals surface area (Å²) in [7, 11) is 0. The Kier molecular flexibility index (Phi) is 0.708. The number of carbonyl (C=O) groups is 2. The summed E-state index contributed by atoms with van der Waals surface area (Å²) >= 11 is 0. The van der Waals surface area contributed by atoms with Gasteiger partial charge in [-0.3, -0.25) is 9.59 Å². The van der Waals surface area contributed by atoms with Crippen molar-refractivity contribution in [3.8, 4) is 0 Å². The lowest BCUT2D eigenvalue weighted by molar-refractivity contribution is -0.144. The standard InChI is InChI=1S/C8H8O3/c9-7-3-1-2-4(5(2)7)6(3)8(10)11/h2-6H,1H2,(H,10,11)/t2?,3?,4-,5?,6+/m1/s1. The highest BCUT2D eigenvalue weighted by atomic mass is 16.4. The van der Waals surface area contributed by atoms with Crippen LogP contribution in [0.25, 0.3) is 0 Å². The SMILES string of the molecule is O=C1C2C3CC1[C@H](C(=O)O)[C@H]32. The Labute approximate surface area is 63.4 Å². The topological polar surface area (TPSA) is 54.4 Å². The van der Waals surface area contributed by atoms with E-state index >= 15 is 0 Å². The number of carbonyl (C=O) groups excluding carboxylic acids is 1. The van der Waals surface area contributed by atoms with E-state index in [1.165, 1.54) is 0 Å². The lowest BCUT2D eigenvalue weighted by Gasteiger charge is -2.05. The van der Waals surface area contributed by atoms with Crippen molar-refractivity contribution in [2.75, 3.05) is 0 Å². The van der Waals surface area contributed by atoms with E-state index in [2.05, 4.69) is 0 Å². The predicted octanol–water partition coefficient (Wildman–Crippen LogP) is 0.152. The Morgan fingerprint density at radius 1 is 1.55 bits per heavy atom. The Balaban J connectivity index is 2.03. The van der Waals surface area contributed by atoms with Gasteiger partial charge < -0.3 is 5.11 Å². The molecule has 4 saturated carbocycles. The molecule has 58 valence electrons. The molecule has 0 saturated heterocycles. The average molecular weight is 152 g/mol. The molecule has 0 heterocycles. The van der Waals surface area contributed by atoms with Crippen LogP contribution in [-0.4, -0.2) is 16.9 Å². The summed E-state index contributed by atoms with van der Waals surface area (Å²) in [6, 6.07) is 0. The number of carboxylic acids is 1. The van der Waals surface area contributed by atoms with E-state index < -0.39 is 5.97 Å². The summed E-state index contributed by atoms with van der Waals surface area (Å²) in [5, 5.41) is 8.77. The number of Topliss-reactive ketones (excluding diaryl/α,β-unsaturated/α-hetero) is 1. The van der Waals surface area contributed by atoms with Crippen molar-refractivity contribution in [2.45, 2.75) is 6.42 Å². The highest BCUT2D eigenvalue weighted by molar-refractivity contribution is 5.98. The van der Waals surface area contributed by atoms with Crippen LogP contribution >= 0.6 is 0 Å². The summed E-state index contributed by atoms with van der Waals surface area (Å²) in [5.74, 6) is -0.0482. The second-order valence-electron chi connectivity index (χ2n) is 3.88. The zero-order chi connectivity index (χ0) is 7.75. The van der Waals surface area contributed by atoms with Crippen LogP contribution in [-0.2, 0) is 9.59 Å². The second-order valence-corrected chi connectivity index (χ2v) is 3.88. The van der Waals surface area contributed by atoms with Crippen molar-refractivity contribution >= 4 is 11.8 Å². The van der Waals surface area contributed by atoms with E-state index in [0.717, 1.165) is 6.42 Å². The predicted molar refractivity (Wildman–Crippen MR) is 34.7 cm³/mol. The van der Waals surface area contributed by atoms with Crippen LogP contribution in [0.3, 0.4) is 0 Å². The second kappa shape index (κ2) is 1.36. The molecule has 4 aliphatic rings. The van der Waals surface area contributed by atoms with E-state index in [4.69, 9.17) is 5.11 Å². The summed E-state index contributed by atoms with van der Waals surface area (Å²) in [4.78, 5) is 21.9. The lowest BCUT2D eigenvalue weighted by atomic mass is 9.98. The maximum atomic E-state index is 11.2. The highest BCUT2D eigenvalue weighted by Gasteiger charge is 2.75. The summed E-state index contributed by atoms with van der Waals surface area (Å²) in [6.07, 6.45) is 0.866. The van der Waals surface area contributed by atoms with Crippen molar-refractivity contribution in [2.24, 2.45) is 29.6 Å². The number of aliphatic carboxylic acids is 1. The molecule has 4 aliphatic carbocycles. The quantitative estimate of drug-likeness (QED) is 0.582. The first-order chi connectivity index (χ1) is 5.22. The van der Waals surface area contributed by atoms with Crippen LogP contribution in [0.1, 0.15) is 6.42 Å². The monoisotopic (exact) mass is 152 g/mol. The van der Waals surface area contributed by atoms with Crippen LogP contribution in [0.2, 0.25) is 0 Å². The van der Waals surface area contributed by atoms with E-state index in [1.807, 2.05) is 0 Å². The number of hydrogen-bond donors (Lipinski definition) is 1. The van der Waals surface area contributed by atoms with Gasteiger partial charge in [0.2, 0.25) is 0 Å². The third-order valence-electron chi connectivity index (χ3n) is 3.58. The van der Waals surface area contributed by atoms with Crippen LogP contribution in [0.5, 0.6) is 0 Å². The minimum Gasteiger partial charge on any atom is -0.481 e.